The van der Waals surface area contributed by atoms with Gasteiger partial charge < -0.3 is 5.32 Å². The summed E-state index contributed by atoms with van der Waals surface area (Å²) in [6, 6.07) is 5.03. The van der Waals surface area contributed by atoms with Crippen LogP contribution in [0.5, 0.6) is 0 Å². The van der Waals surface area contributed by atoms with Crippen molar-refractivity contribution in [1.82, 2.24) is 15.3 Å². The highest BCUT2D eigenvalue weighted by Gasteiger charge is 2.32. The monoisotopic (exact) mass is 315 g/mol. The number of carbonyl (C=O) groups excluding carboxylic acids is 1. The molecule has 0 fully saturated rings. The maximum atomic E-state index is 12.8. The third kappa shape index (κ3) is 3.91. The third-order valence-corrected chi connectivity index (χ3v) is 2.81. The molecule has 4 nitrogen and oxygen atoms in total. The van der Waals surface area contributed by atoms with Crippen molar-refractivity contribution in [1.29, 1.82) is 0 Å². The summed E-state index contributed by atoms with van der Waals surface area (Å²) in [6.07, 6.45) is -2.14. The number of aromatic nitrogens is 2. The van der Waals surface area contributed by atoms with Crippen molar-refractivity contribution in [3.8, 4) is 0 Å². The van der Waals surface area contributed by atoms with E-state index in [0.717, 1.165) is 12.3 Å². The van der Waals surface area contributed by atoms with Crippen LogP contribution in [0.4, 0.5) is 13.2 Å². The number of amides is 1. The lowest BCUT2D eigenvalue weighted by atomic mass is 10.1. The van der Waals surface area contributed by atoms with Crippen molar-refractivity contribution in [2.24, 2.45) is 0 Å². The molecule has 8 heteroatoms. The molecule has 2 rings (SSSR count). The number of halogens is 4. The predicted octanol–water partition coefficient (Wildman–Crippen LogP) is 3.08. The number of rotatable bonds is 3. The van der Waals surface area contributed by atoms with Gasteiger partial charge in [0.1, 0.15) is 10.8 Å². The average Bonchev–Trinajstić information content (AvgIpc) is 2.45. The number of hydrogen-bond acceptors (Lipinski definition) is 3. The Morgan fingerprint density at radius 3 is 2.52 bits per heavy atom. The van der Waals surface area contributed by atoms with Crippen molar-refractivity contribution in [2.45, 2.75) is 12.7 Å². The Bertz CT molecular complexity index is 644. The van der Waals surface area contributed by atoms with Gasteiger partial charge in [0.05, 0.1) is 18.0 Å². The second-order valence-corrected chi connectivity index (χ2v) is 4.45. The molecular weight excluding hydrogens is 307 g/mol. The van der Waals surface area contributed by atoms with E-state index in [4.69, 9.17) is 11.6 Å². The lowest BCUT2D eigenvalue weighted by molar-refractivity contribution is -0.138. The number of nitrogens with zero attached hydrogens (tertiary/aromatic N) is 2. The molecule has 0 unspecified atom stereocenters. The van der Waals surface area contributed by atoms with E-state index in [1.807, 2.05) is 0 Å². The molecule has 21 heavy (non-hydrogen) atoms. The second kappa shape index (κ2) is 6.09. The molecule has 0 bridgehead atoms. The zero-order valence-corrected chi connectivity index (χ0v) is 11.2. The van der Waals surface area contributed by atoms with Crippen LogP contribution < -0.4 is 5.32 Å². The fraction of sp³-hybridized carbons (Fsp3) is 0.154. The minimum atomic E-state index is -4.47. The summed E-state index contributed by atoms with van der Waals surface area (Å²) in [4.78, 5) is 19.2. The normalized spacial score (nSPS) is 11.2. The van der Waals surface area contributed by atoms with Gasteiger partial charge in [0.15, 0.2) is 0 Å². The van der Waals surface area contributed by atoms with Crippen LogP contribution >= 0.6 is 11.6 Å². The van der Waals surface area contributed by atoms with Crippen LogP contribution in [-0.4, -0.2) is 15.9 Å². The first-order valence-electron chi connectivity index (χ1n) is 5.79. The van der Waals surface area contributed by atoms with Gasteiger partial charge in [0.25, 0.3) is 5.91 Å². The van der Waals surface area contributed by atoms with Gasteiger partial charge in [-0.3, -0.25) is 4.79 Å². The van der Waals surface area contributed by atoms with E-state index in [1.165, 1.54) is 24.4 Å². The lowest BCUT2D eigenvalue weighted by Gasteiger charge is -2.13. The van der Waals surface area contributed by atoms with Gasteiger partial charge in [0.2, 0.25) is 0 Å². The van der Waals surface area contributed by atoms with Crippen LogP contribution in [-0.2, 0) is 12.7 Å². The summed E-state index contributed by atoms with van der Waals surface area (Å²) >= 11 is 5.53. The molecule has 0 aliphatic carbocycles. The Kier molecular flexibility index (Phi) is 4.42. The Morgan fingerprint density at radius 1 is 1.19 bits per heavy atom. The minimum Gasteiger partial charge on any atom is -0.347 e. The van der Waals surface area contributed by atoms with Crippen LogP contribution in [0, 0.1) is 0 Å². The van der Waals surface area contributed by atoms with Crippen molar-refractivity contribution in [3.05, 3.63) is 58.6 Å². The summed E-state index contributed by atoms with van der Waals surface area (Å²) in [6.45, 7) is -0.265. The number of alkyl halides is 3. The number of hydrogen-bond donors (Lipinski definition) is 1. The van der Waals surface area contributed by atoms with Crippen molar-refractivity contribution >= 4 is 17.5 Å². The topological polar surface area (TPSA) is 54.9 Å². The minimum absolute atomic E-state index is 0.0242. The molecule has 110 valence electrons. The Labute approximate surface area is 123 Å². The first-order valence-corrected chi connectivity index (χ1v) is 6.16. The molecule has 1 aromatic carbocycles. The summed E-state index contributed by atoms with van der Waals surface area (Å²) in [5.41, 5.74) is -0.836. The molecule has 1 N–H and O–H groups in total. The van der Waals surface area contributed by atoms with Crippen molar-refractivity contribution in [2.75, 3.05) is 0 Å². The van der Waals surface area contributed by atoms with Gasteiger partial charge in [-0.15, -0.1) is 0 Å². The molecule has 0 aliphatic rings. The molecule has 0 aliphatic heterocycles. The molecule has 0 atom stereocenters. The van der Waals surface area contributed by atoms with Gasteiger partial charge in [-0.05, 0) is 11.6 Å². The maximum absolute atomic E-state index is 12.8. The van der Waals surface area contributed by atoms with Gasteiger partial charge in [0, 0.05) is 6.54 Å². The van der Waals surface area contributed by atoms with E-state index in [9.17, 15) is 18.0 Å². The summed E-state index contributed by atoms with van der Waals surface area (Å²) in [7, 11) is 0. The molecule has 1 aromatic heterocycles. The van der Waals surface area contributed by atoms with Crippen molar-refractivity contribution in [3.63, 3.8) is 0 Å². The second-order valence-electron chi connectivity index (χ2n) is 4.06. The average molecular weight is 316 g/mol. The van der Waals surface area contributed by atoms with Crippen molar-refractivity contribution < 1.29 is 18.0 Å². The van der Waals surface area contributed by atoms with Crippen LogP contribution in [0.2, 0.25) is 5.15 Å². The Balaban J connectivity index is 2.10. The predicted molar refractivity (Wildman–Crippen MR) is 69.7 cm³/mol. The molecular formula is C13H9ClF3N3O. The maximum Gasteiger partial charge on any atom is 0.416 e. The van der Waals surface area contributed by atoms with Crippen LogP contribution in [0.1, 0.15) is 21.6 Å². The van der Waals surface area contributed by atoms with E-state index in [0.29, 0.717) is 0 Å². The third-order valence-electron chi connectivity index (χ3n) is 2.62. The van der Waals surface area contributed by atoms with Gasteiger partial charge in [-0.1, -0.05) is 29.8 Å². The van der Waals surface area contributed by atoms with E-state index >= 15 is 0 Å². The number of carbonyl (C=O) groups is 1. The molecule has 1 heterocycles. The highest BCUT2D eigenvalue weighted by Crippen LogP contribution is 2.31. The molecule has 0 saturated heterocycles. The fourth-order valence-corrected chi connectivity index (χ4v) is 1.74. The molecule has 0 radical (unpaired) electrons. The molecule has 0 spiro atoms. The zero-order valence-electron chi connectivity index (χ0n) is 10.5. The summed E-state index contributed by atoms with van der Waals surface area (Å²) in [5.74, 6) is -0.629. The van der Waals surface area contributed by atoms with E-state index in [2.05, 4.69) is 15.3 Å². The van der Waals surface area contributed by atoms with E-state index in [-0.39, 0.29) is 23.0 Å². The van der Waals surface area contributed by atoms with Gasteiger partial charge in [-0.2, -0.15) is 13.2 Å². The highest BCUT2D eigenvalue weighted by molar-refractivity contribution is 6.29. The van der Waals surface area contributed by atoms with Crippen LogP contribution in [0.25, 0.3) is 0 Å². The van der Waals surface area contributed by atoms with E-state index < -0.39 is 17.6 Å². The Morgan fingerprint density at radius 2 is 1.90 bits per heavy atom. The quantitative estimate of drug-likeness (QED) is 0.947. The first kappa shape index (κ1) is 15.2. The largest absolute Gasteiger partial charge is 0.416 e. The molecule has 0 saturated carbocycles. The first-order chi connectivity index (χ1) is 9.88. The SMILES string of the molecule is O=C(NCc1ccccc1C(F)(F)F)c1cnc(Cl)cn1. The smallest absolute Gasteiger partial charge is 0.347 e. The zero-order chi connectivity index (χ0) is 15.5. The summed E-state index contributed by atoms with van der Waals surface area (Å²) in [5, 5.41) is 2.48. The highest BCUT2D eigenvalue weighted by atomic mass is 35.5. The number of nitrogens with one attached hydrogen (secondary N) is 1. The Hall–Kier alpha value is -2.15. The summed E-state index contributed by atoms with van der Waals surface area (Å²) < 4.78 is 38.4. The van der Waals surface area contributed by atoms with Crippen LogP contribution in [0.15, 0.2) is 36.7 Å². The van der Waals surface area contributed by atoms with E-state index in [1.54, 1.807) is 0 Å². The molecule has 2 aromatic rings. The van der Waals surface area contributed by atoms with Crippen LogP contribution in [0.3, 0.4) is 0 Å². The standard InChI is InChI=1S/C13H9ClF3N3O/c14-11-7-18-10(6-19-11)12(21)20-5-8-3-1-2-4-9(8)13(15,16)17/h1-4,6-7H,5H2,(H,20,21). The fourth-order valence-electron chi connectivity index (χ4n) is 1.65. The lowest BCUT2D eigenvalue weighted by Crippen LogP contribution is -2.25. The number of benzene rings is 1. The molecule has 1 amide bonds. The van der Waals surface area contributed by atoms with Gasteiger partial charge >= 0.3 is 6.18 Å². The van der Waals surface area contributed by atoms with Gasteiger partial charge in [-0.25, -0.2) is 9.97 Å².